The van der Waals surface area contributed by atoms with Gasteiger partial charge in [0.15, 0.2) is 5.82 Å². The van der Waals surface area contributed by atoms with E-state index < -0.39 is 0 Å². The number of aromatic nitrogens is 3. The minimum Gasteiger partial charge on any atom is -0.371 e. The van der Waals surface area contributed by atoms with Crippen LogP contribution in [0.3, 0.4) is 0 Å². The Balaban J connectivity index is 2.39. The maximum Gasteiger partial charge on any atom is 0.162 e. The molecule has 1 aromatic heterocycles. The fraction of sp³-hybridized carbons (Fsp3) is 0.385. The number of nitrogens with one attached hydrogen (secondary N) is 1. The van der Waals surface area contributed by atoms with Gasteiger partial charge in [0.1, 0.15) is 11.6 Å². The van der Waals surface area contributed by atoms with Crippen LogP contribution in [0.5, 0.6) is 0 Å². The quantitative estimate of drug-likeness (QED) is 0.777. The lowest BCUT2D eigenvalue weighted by molar-refractivity contribution is 0.532. The normalized spacial score (nSPS) is 15.8. The van der Waals surface area contributed by atoms with Crippen LogP contribution in [-0.4, -0.2) is 14.8 Å². The minimum absolute atomic E-state index is 0.233. The fourth-order valence-corrected chi connectivity index (χ4v) is 2.55. The largest absolute Gasteiger partial charge is 0.371 e. The van der Waals surface area contributed by atoms with Gasteiger partial charge in [0.05, 0.1) is 16.9 Å². The summed E-state index contributed by atoms with van der Waals surface area (Å²) in [6.45, 7) is 7.82. The Labute approximate surface area is 105 Å². The molecule has 0 unspecified atom stereocenters. The lowest BCUT2D eigenvalue weighted by Gasteiger charge is -2.34. The van der Waals surface area contributed by atoms with E-state index in [2.05, 4.69) is 15.5 Å². The smallest absolute Gasteiger partial charge is 0.162 e. The topological polar surface area (TPSA) is 42.7 Å². The van der Waals surface area contributed by atoms with Gasteiger partial charge in [0.2, 0.25) is 0 Å². The summed E-state index contributed by atoms with van der Waals surface area (Å²) in [6, 6.07) is 3.05. The van der Waals surface area contributed by atoms with Crippen molar-refractivity contribution in [3.8, 4) is 5.69 Å². The molecule has 1 aromatic carbocycles. The number of benzene rings is 1. The summed E-state index contributed by atoms with van der Waals surface area (Å²) < 4.78 is 15.5. The summed E-state index contributed by atoms with van der Waals surface area (Å²) in [5, 5.41) is 11.7. The number of hydrogen-bond donors (Lipinski definition) is 1. The number of fused-ring (bicyclic) bond motifs is 3. The van der Waals surface area contributed by atoms with Crippen molar-refractivity contribution in [2.75, 3.05) is 5.32 Å². The monoisotopic (exact) mass is 246 g/mol. The molecule has 0 spiro atoms. The number of aryl methyl sites for hydroxylation is 2. The van der Waals surface area contributed by atoms with Crippen LogP contribution in [0.2, 0.25) is 0 Å². The summed E-state index contributed by atoms with van der Waals surface area (Å²) in [5.41, 5.74) is 2.23. The van der Waals surface area contributed by atoms with Crippen molar-refractivity contribution >= 4 is 5.69 Å². The zero-order valence-corrected chi connectivity index (χ0v) is 10.9. The van der Waals surface area contributed by atoms with Gasteiger partial charge in [-0.3, -0.25) is 4.57 Å². The second-order valence-corrected chi connectivity index (χ2v) is 5.28. The van der Waals surface area contributed by atoms with Crippen LogP contribution in [-0.2, 0) is 5.54 Å². The van der Waals surface area contributed by atoms with Crippen LogP contribution in [0.25, 0.3) is 5.69 Å². The molecule has 0 fully saturated rings. The molecule has 0 amide bonds. The van der Waals surface area contributed by atoms with E-state index in [0.29, 0.717) is 0 Å². The molecule has 3 rings (SSSR count). The Morgan fingerprint density at radius 2 is 1.94 bits per heavy atom. The molecule has 5 heteroatoms. The first-order valence-corrected chi connectivity index (χ1v) is 5.91. The van der Waals surface area contributed by atoms with E-state index >= 15 is 0 Å². The molecular weight excluding hydrogens is 231 g/mol. The summed E-state index contributed by atoms with van der Waals surface area (Å²) in [5.74, 6) is 1.43. The van der Waals surface area contributed by atoms with Gasteiger partial charge in [-0.1, -0.05) is 0 Å². The molecule has 4 nitrogen and oxygen atoms in total. The maximum atomic E-state index is 13.5. The highest BCUT2D eigenvalue weighted by atomic mass is 19.1. The van der Waals surface area contributed by atoms with E-state index in [-0.39, 0.29) is 11.4 Å². The van der Waals surface area contributed by atoms with Crippen LogP contribution < -0.4 is 5.32 Å². The third-order valence-electron chi connectivity index (χ3n) is 3.32. The third kappa shape index (κ3) is 1.36. The molecule has 0 atom stereocenters. The van der Waals surface area contributed by atoms with E-state index in [1.165, 1.54) is 12.1 Å². The molecule has 0 saturated heterocycles. The van der Waals surface area contributed by atoms with E-state index in [4.69, 9.17) is 0 Å². The van der Waals surface area contributed by atoms with Crippen LogP contribution >= 0.6 is 0 Å². The van der Waals surface area contributed by atoms with Crippen molar-refractivity contribution in [2.24, 2.45) is 0 Å². The molecule has 0 bridgehead atoms. The molecule has 18 heavy (non-hydrogen) atoms. The predicted molar refractivity (Wildman–Crippen MR) is 67.4 cm³/mol. The summed E-state index contributed by atoms with van der Waals surface area (Å²) in [6.07, 6.45) is 0. The van der Waals surface area contributed by atoms with Gasteiger partial charge >= 0.3 is 0 Å². The molecule has 0 saturated carbocycles. The van der Waals surface area contributed by atoms with Crippen LogP contribution in [0, 0.1) is 19.7 Å². The Bertz CT molecular complexity index is 643. The Morgan fingerprint density at radius 3 is 2.67 bits per heavy atom. The third-order valence-corrected chi connectivity index (χ3v) is 3.32. The summed E-state index contributed by atoms with van der Waals surface area (Å²) >= 11 is 0. The van der Waals surface area contributed by atoms with Crippen molar-refractivity contribution < 1.29 is 4.39 Å². The first kappa shape index (κ1) is 11.2. The van der Waals surface area contributed by atoms with Crippen LogP contribution in [0.15, 0.2) is 12.1 Å². The number of rotatable bonds is 0. The van der Waals surface area contributed by atoms with E-state index in [0.717, 1.165) is 28.6 Å². The van der Waals surface area contributed by atoms with Gasteiger partial charge in [0, 0.05) is 0 Å². The number of hydrogen-bond acceptors (Lipinski definition) is 3. The SMILES string of the molecule is Cc1cc(F)cc2c1-n1c(C)nnc1C(C)(C)N2. The number of halogens is 1. The second kappa shape index (κ2) is 3.31. The van der Waals surface area contributed by atoms with E-state index in [1.54, 1.807) is 0 Å². The highest BCUT2D eigenvalue weighted by Crippen LogP contribution is 2.38. The molecule has 94 valence electrons. The zero-order valence-electron chi connectivity index (χ0n) is 10.9. The number of nitrogens with zero attached hydrogens (tertiary/aromatic N) is 3. The Kier molecular flexibility index (Phi) is 2.06. The van der Waals surface area contributed by atoms with E-state index in [9.17, 15) is 4.39 Å². The van der Waals surface area contributed by atoms with Crippen LogP contribution in [0.1, 0.15) is 31.1 Å². The molecule has 0 radical (unpaired) electrons. The standard InChI is InChI=1S/C13H15FN4/c1-7-5-9(14)6-10-11(7)18-8(2)16-17-12(18)13(3,4)15-10/h5-6,15H,1-4H3. The minimum atomic E-state index is -0.367. The molecule has 2 aromatic rings. The first-order valence-electron chi connectivity index (χ1n) is 5.91. The molecule has 1 aliphatic rings. The highest BCUT2D eigenvalue weighted by Gasteiger charge is 2.34. The molecular formula is C13H15FN4. The zero-order chi connectivity index (χ0) is 13.1. The summed E-state index contributed by atoms with van der Waals surface area (Å²) in [4.78, 5) is 0. The Morgan fingerprint density at radius 1 is 1.22 bits per heavy atom. The highest BCUT2D eigenvalue weighted by molar-refractivity contribution is 5.69. The maximum absolute atomic E-state index is 13.5. The van der Waals surface area contributed by atoms with Gasteiger partial charge in [-0.25, -0.2) is 4.39 Å². The Hall–Kier alpha value is -1.91. The summed E-state index contributed by atoms with van der Waals surface area (Å²) in [7, 11) is 0. The van der Waals surface area contributed by atoms with Gasteiger partial charge in [-0.05, 0) is 45.4 Å². The van der Waals surface area contributed by atoms with Crippen molar-refractivity contribution in [1.29, 1.82) is 0 Å². The molecule has 1 aliphatic heterocycles. The average Bonchev–Trinajstić information content (AvgIpc) is 2.59. The van der Waals surface area contributed by atoms with Crippen molar-refractivity contribution in [1.82, 2.24) is 14.8 Å². The van der Waals surface area contributed by atoms with Crippen LogP contribution in [0.4, 0.5) is 10.1 Å². The average molecular weight is 246 g/mol. The lowest BCUT2D eigenvalue weighted by atomic mass is 9.98. The van der Waals surface area contributed by atoms with Gasteiger partial charge in [-0.2, -0.15) is 0 Å². The fourth-order valence-electron chi connectivity index (χ4n) is 2.55. The van der Waals surface area contributed by atoms with Gasteiger partial charge in [0.25, 0.3) is 0 Å². The molecule has 0 aliphatic carbocycles. The van der Waals surface area contributed by atoms with E-state index in [1.807, 2.05) is 32.3 Å². The van der Waals surface area contributed by atoms with Gasteiger partial charge < -0.3 is 5.32 Å². The second-order valence-electron chi connectivity index (χ2n) is 5.28. The van der Waals surface area contributed by atoms with Gasteiger partial charge in [-0.15, -0.1) is 10.2 Å². The first-order chi connectivity index (χ1) is 8.40. The van der Waals surface area contributed by atoms with Crippen molar-refractivity contribution in [2.45, 2.75) is 33.2 Å². The number of anilines is 1. The lowest BCUT2D eigenvalue weighted by Crippen LogP contribution is -2.36. The predicted octanol–water partition coefficient (Wildman–Crippen LogP) is 2.68. The van der Waals surface area contributed by atoms with Crippen molar-refractivity contribution in [3.05, 3.63) is 35.2 Å². The molecule has 2 heterocycles. The molecule has 1 N–H and O–H groups in total. The van der Waals surface area contributed by atoms with Crippen molar-refractivity contribution in [3.63, 3.8) is 0 Å².